The normalized spacial score (nSPS) is 11.2. The number of benzene rings is 2. The number of nitro benzene ring substituents is 1. The first-order chi connectivity index (χ1) is 14.2. The van der Waals surface area contributed by atoms with Crippen LogP contribution in [0.25, 0.3) is 27.8 Å². The summed E-state index contributed by atoms with van der Waals surface area (Å²) in [4.78, 5) is 36.6. The molecule has 30 heavy (non-hydrogen) atoms. The summed E-state index contributed by atoms with van der Waals surface area (Å²) in [6.07, 6.45) is 1.73. The fourth-order valence-corrected chi connectivity index (χ4v) is 3.76. The molecule has 0 amide bonds. The van der Waals surface area contributed by atoms with Gasteiger partial charge in [0.2, 0.25) is 0 Å². The third-order valence-corrected chi connectivity index (χ3v) is 5.40. The Kier molecular flexibility index (Phi) is 4.42. The minimum absolute atomic E-state index is 0.0284. The predicted molar refractivity (Wildman–Crippen MR) is 115 cm³/mol. The fourth-order valence-electron chi connectivity index (χ4n) is 3.76. The second kappa shape index (κ2) is 6.84. The van der Waals surface area contributed by atoms with Gasteiger partial charge in [0.15, 0.2) is 0 Å². The zero-order valence-corrected chi connectivity index (χ0v) is 17.0. The fraction of sp³-hybridized carbons (Fsp3) is 0.182. The van der Waals surface area contributed by atoms with E-state index in [0.717, 1.165) is 15.8 Å². The zero-order chi connectivity index (χ0) is 21.7. The summed E-state index contributed by atoms with van der Waals surface area (Å²) < 4.78 is 4.27. The van der Waals surface area contributed by atoms with E-state index in [1.165, 1.54) is 17.7 Å². The first-order valence-corrected chi connectivity index (χ1v) is 9.34. The van der Waals surface area contributed by atoms with Gasteiger partial charge in [0.1, 0.15) is 0 Å². The summed E-state index contributed by atoms with van der Waals surface area (Å²) in [5.41, 5.74) is 2.93. The standard InChI is InChI=1S/C22H20N4O4/c1-13-6-5-7-16(10-13)25-12-18-19(21(27)24(4)22(28)23(18)3)20(25)15-9-8-14(2)17(11-15)26(29)30/h5-12H,1-4H3. The molecule has 0 saturated heterocycles. The lowest BCUT2D eigenvalue weighted by Crippen LogP contribution is -2.36. The highest BCUT2D eigenvalue weighted by molar-refractivity contribution is 5.95. The van der Waals surface area contributed by atoms with E-state index in [2.05, 4.69) is 0 Å². The number of hydrogen-bond acceptors (Lipinski definition) is 4. The highest BCUT2D eigenvalue weighted by atomic mass is 16.6. The van der Waals surface area contributed by atoms with Gasteiger partial charge in [0.05, 0.1) is 21.5 Å². The largest absolute Gasteiger partial charge is 0.330 e. The molecule has 0 aliphatic carbocycles. The van der Waals surface area contributed by atoms with Gasteiger partial charge in [-0.2, -0.15) is 0 Å². The van der Waals surface area contributed by atoms with E-state index in [0.29, 0.717) is 27.7 Å². The van der Waals surface area contributed by atoms with E-state index >= 15 is 0 Å². The number of aromatic nitrogens is 3. The summed E-state index contributed by atoms with van der Waals surface area (Å²) in [5.74, 6) is 0. The molecule has 8 nitrogen and oxygen atoms in total. The monoisotopic (exact) mass is 404 g/mol. The van der Waals surface area contributed by atoms with Crippen molar-refractivity contribution in [3.05, 3.63) is 90.7 Å². The van der Waals surface area contributed by atoms with Crippen molar-refractivity contribution >= 4 is 16.6 Å². The topological polar surface area (TPSA) is 92.1 Å². The molecule has 2 aromatic heterocycles. The quantitative estimate of drug-likeness (QED) is 0.387. The maximum absolute atomic E-state index is 13.1. The molecule has 0 unspecified atom stereocenters. The Morgan fingerprint density at radius 1 is 0.967 bits per heavy atom. The molecule has 0 atom stereocenters. The maximum atomic E-state index is 13.1. The van der Waals surface area contributed by atoms with E-state index in [1.807, 2.05) is 35.8 Å². The molecule has 0 aliphatic heterocycles. The van der Waals surface area contributed by atoms with Gasteiger partial charge in [-0.15, -0.1) is 0 Å². The Bertz CT molecular complexity index is 1460. The molecular formula is C22H20N4O4. The van der Waals surface area contributed by atoms with Crippen molar-refractivity contribution in [1.82, 2.24) is 13.7 Å². The third kappa shape index (κ3) is 2.85. The first-order valence-electron chi connectivity index (χ1n) is 9.34. The second-order valence-electron chi connectivity index (χ2n) is 7.41. The van der Waals surface area contributed by atoms with Gasteiger partial charge < -0.3 is 4.57 Å². The number of hydrogen-bond donors (Lipinski definition) is 0. The molecule has 0 radical (unpaired) electrons. The highest BCUT2D eigenvalue weighted by Gasteiger charge is 2.22. The second-order valence-corrected chi connectivity index (χ2v) is 7.41. The highest BCUT2D eigenvalue weighted by Crippen LogP contribution is 2.34. The van der Waals surface area contributed by atoms with Gasteiger partial charge in [0.25, 0.3) is 11.2 Å². The van der Waals surface area contributed by atoms with Crippen LogP contribution in [0.1, 0.15) is 11.1 Å². The van der Waals surface area contributed by atoms with Gasteiger partial charge in [-0.25, -0.2) is 4.79 Å². The van der Waals surface area contributed by atoms with Gasteiger partial charge in [0, 0.05) is 43.2 Å². The Morgan fingerprint density at radius 3 is 2.37 bits per heavy atom. The Hall–Kier alpha value is -3.94. The Morgan fingerprint density at radius 2 is 1.70 bits per heavy atom. The van der Waals surface area contributed by atoms with Crippen LogP contribution in [0.4, 0.5) is 5.69 Å². The van der Waals surface area contributed by atoms with Crippen LogP contribution in [0.3, 0.4) is 0 Å². The van der Waals surface area contributed by atoms with Crippen LogP contribution < -0.4 is 11.2 Å². The average Bonchev–Trinajstić information content (AvgIpc) is 3.11. The predicted octanol–water partition coefficient (Wildman–Crippen LogP) is 3.22. The summed E-state index contributed by atoms with van der Waals surface area (Å²) in [6, 6.07) is 12.6. The van der Waals surface area contributed by atoms with Gasteiger partial charge >= 0.3 is 5.69 Å². The molecule has 8 heteroatoms. The molecule has 152 valence electrons. The number of nitro groups is 1. The summed E-state index contributed by atoms with van der Waals surface area (Å²) in [6.45, 7) is 3.63. The van der Waals surface area contributed by atoms with Gasteiger partial charge in [-0.1, -0.05) is 24.3 Å². The van der Waals surface area contributed by atoms with Crippen molar-refractivity contribution in [3.8, 4) is 16.9 Å². The van der Waals surface area contributed by atoms with Crippen molar-refractivity contribution in [2.24, 2.45) is 14.1 Å². The Balaban J connectivity index is 2.21. The molecule has 0 bridgehead atoms. The van der Waals surface area contributed by atoms with Crippen LogP contribution in [0.15, 0.2) is 58.3 Å². The minimum atomic E-state index is -0.447. The molecule has 4 rings (SSSR count). The van der Waals surface area contributed by atoms with Crippen LogP contribution in [-0.2, 0) is 14.1 Å². The SMILES string of the molecule is Cc1cccc(-n2cc3c(c2-c2ccc(C)c([N+](=O)[O-])c2)c(=O)n(C)c(=O)n3C)c1. The summed E-state index contributed by atoms with van der Waals surface area (Å²) in [5, 5.41) is 11.8. The zero-order valence-electron chi connectivity index (χ0n) is 17.0. The van der Waals surface area contributed by atoms with Crippen LogP contribution in [0, 0.1) is 24.0 Å². The number of aryl methyl sites for hydroxylation is 3. The molecule has 2 heterocycles. The molecule has 0 N–H and O–H groups in total. The molecule has 0 saturated carbocycles. The van der Waals surface area contributed by atoms with E-state index in [4.69, 9.17) is 0 Å². The van der Waals surface area contributed by atoms with Crippen molar-refractivity contribution < 1.29 is 4.92 Å². The molecule has 2 aromatic carbocycles. The van der Waals surface area contributed by atoms with Crippen LogP contribution in [0.2, 0.25) is 0 Å². The van der Waals surface area contributed by atoms with Crippen LogP contribution >= 0.6 is 0 Å². The lowest BCUT2D eigenvalue weighted by molar-refractivity contribution is -0.385. The smallest absolute Gasteiger partial charge is 0.314 e. The molecular weight excluding hydrogens is 384 g/mol. The first kappa shape index (κ1) is 19.4. The van der Waals surface area contributed by atoms with E-state index in [1.54, 1.807) is 32.3 Å². The van der Waals surface area contributed by atoms with Crippen LogP contribution in [-0.4, -0.2) is 18.6 Å². The van der Waals surface area contributed by atoms with E-state index in [-0.39, 0.29) is 5.69 Å². The minimum Gasteiger partial charge on any atom is -0.314 e. The molecule has 0 fully saturated rings. The average molecular weight is 404 g/mol. The van der Waals surface area contributed by atoms with E-state index < -0.39 is 16.2 Å². The van der Waals surface area contributed by atoms with Crippen molar-refractivity contribution in [1.29, 1.82) is 0 Å². The number of nitrogens with zero attached hydrogens (tertiary/aromatic N) is 4. The molecule has 0 spiro atoms. The van der Waals surface area contributed by atoms with Gasteiger partial charge in [-0.05, 0) is 31.5 Å². The summed E-state index contributed by atoms with van der Waals surface area (Å²) in [7, 11) is 3.03. The number of rotatable bonds is 3. The maximum Gasteiger partial charge on any atom is 0.330 e. The number of fused-ring (bicyclic) bond motifs is 1. The third-order valence-electron chi connectivity index (χ3n) is 5.40. The lowest BCUT2D eigenvalue weighted by atomic mass is 10.1. The van der Waals surface area contributed by atoms with E-state index in [9.17, 15) is 19.7 Å². The molecule has 0 aliphatic rings. The summed E-state index contributed by atoms with van der Waals surface area (Å²) >= 11 is 0. The van der Waals surface area contributed by atoms with Crippen molar-refractivity contribution in [3.63, 3.8) is 0 Å². The Labute approximate surface area is 171 Å². The molecule has 4 aromatic rings. The van der Waals surface area contributed by atoms with Crippen molar-refractivity contribution in [2.45, 2.75) is 13.8 Å². The van der Waals surface area contributed by atoms with Crippen LogP contribution in [0.5, 0.6) is 0 Å². The van der Waals surface area contributed by atoms with Crippen molar-refractivity contribution in [2.75, 3.05) is 0 Å². The van der Waals surface area contributed by atoms with Gasteiger partial charge in [-0.3, -0.25) is 24.0 Å². The lowest BCUT2D eigenvalue weighted by Gasteiger charge is -2.11.